The number of hydrogen-bond donors (Lipinski definition) is 0. The van der Waals surface area contributed by atoms with Crippen molar-refractivity contribution in [3.8, 4) is 11.1 Å². The number of carbonyl (C=O) groups excluding carboxylic acids is 2. The number of benzene rings is 3. The lowest BCUT2D eigenvalue weighted by atomic mass is 10.0. The van der Waals surface area contributed by atoms with Gasteiger partial charge in [0.2, 0.25) is 0 Å². The Morgan fingerprint density at radius 1 is 1.03 bits per heavy atom. The number of rotatable bonds is 6. The van der Waals surface area contributed by atoms with Crippen LogP contribution in [-0.4, -0.2) is 28.0 Å². The summed E-state index contributed by atoms with van der Waals surface area (Å²) in [6.07, 6.45) is 0. The lowest BCUT2D eigenvalue weighted by Crippen LogP contribution is -2.23. The Balaban J connectivity index is 1.73. The Labute approximate surface area is 192 Å². The molecule has 1 amide bonds. The van der Waals surface area contributed by atoms with Gasteiger partial charge in [-0.25, -0.2) is 0 Å². The van der Waals surface area contributed by atoms with Gasteiger partial charge in [-0.05, 0) is 36.2 Å². The first-order valence-corrected chi connectivity index (χ1v) is 11.0. The van der Waals surface area contributed by atoms with E-state index in [4.69, 9.17) is 4.74 Å². The van der Waals surface area contributed by atoms with Gasteiger partial charge in [-0.2, -0.15) is 4.99 Å². The van der Waals surface area contributed by atoms with E-state index in [0.717, 1.165) is 22.5 Å². The second-order valence-electron chi connectivity index (χ2n) is 7.05. The summed E-state index contributed by atoms with van der Waals surface area (Å²) < 4.78 is 7.12. The van der Waals surface area contributed by atoms with Gasteiger partial charge in [-0.15, -0.1) is 0 Å². The molecule has 3 aromatic carbocycles. The molecular formula is C24H19N3O5S. The maximum Gasteiger partial charge on any atom is 0.326 e. The quantitative estimate of drug-likeness (QED) is 0.237. The van der Waals surface area contributed by atoms with Gasteiger partial charge in [0.1, 0.15) is 6.54 Å². The topological polar surface area (TPSA) is 104 Å². The molecule has 0 spiro atoms. The summed E-state index contributed by atoms with van der Waals surface area (Å²) in [5, 5.41) is 11.1. The molecule has 4 aromatic rings. The Bertz CT molecular complexity index is 1410. The number of fused-ring (bicyclic) bond motifs is 1. The number of nitro groups is 1. The predicted octanol–water partition coefficient (Wildman–Crippen LogP) is 4.58. The zero-order valence-electron chi connectivity index (χ0n) is 17.6. The van der Waals surface area contributed by atoms with Crippen molar-refractivity contribution in [2.75, 3.05) is 6.61 Å². The third-order valence-corrected chi connectivity index (χ3v) is 5.95. The highest BCUT2D eigenvalue weighted by Gasteiger charge is 2.16. The molecular weight excluding hydrogens is 442 g/mol. The van der Waals surface area contributed by atoms with E-state index in [-0.39, 0.29) is 23.6 Å². The Morgan fingerprint density at radius 2 is 1.73 bits per heavy atom. The average molecular weight is 461 g/mol. The molecule has 0 saturated heterocycles. The Kier molecular flexibility index (Phi) is 6.41. The van der Waals surface area contributed by atoms with Gasteiger partial charge in [0.05, 0.1) is 21.7 Å². The molecule has 0 fully saturated rings. The number of aromatic nitrogens is 1. The Hall–Kier alpha value is -4.11. The molecule has 0 atom stereocenters. The van der Waals surface area contributed by atoms with E-state index in [0.29, 0.717) is 15.8 Å². The van der Waals surface area contributed by atoms with Crippen LogP contribution in [0.25, 0.3) is 21.3 Å². The van der Waals surface area contributed by atoms with Gasteiger partial charge in [0.25, 0.3) is 11.6 Å². The van der Waals surface area contributed by atoms with Crippen LogP contribution < -0.4 is 4.80 Å². The van der Waals surface area contributed by atoms with Gasteiger partial charge in [-0.1, -0.05) is 53.8 Å². The molecule has 0 unspecified atom stereocenters. The van der Waals surface area contributed by atoms with Gasteiger partial charge >= 0.3 is 5.97 Å². The third-order valence-electron chi connectivity index (χ3n) is 4.91. The van der Waals surface area contributed by atoms with Gasteiger partial charge in [0, 0.05) is 17.7 Å². The van der Waals surface area contributed by atoms with Crippen LogP contribution in [-0.2, 0) is 16.1 Å². The molecule has 1 heterocycles. The van der Waals surface area contributed by atoms with E-state index < -0.39 is 16.8 Å². The van der Waals surface area contributed by atoms with Crippen molar-refractivity contribution in [2.45, 2.75) is 13.5 Å². The largest absolute Gasteiger partial charge is 0.465 e. The molecule has 9 heteroatoms. The molecule has 0 saturated carbocycles. The number of esters is 1. The van der Waals surface area contributed by atoms with E-state index in [1.165, 1.54) is 16.7 Å². The smallest absolute Gasteiger partial charge is 0.326 e. The van der Waals surface area contributed by atoms with E-state index in [9.17, 15) is 19.7 Å². The van der Waals surface area contributed by atoms with Crippen molar-refractivity contribution < 1.29 is 19.2 Å². The minimum Gasteiger partial charge on any atom is -0.465 e. The van der Waals surface area contributed by atoms with Gasteiger partial charge < -0.3 is 9.30 Å². The fourth-order valence-electron chi connectivity index (χ4n) is 3.34. The van der Waals surface area contributed by atoms with E-state index >= 15 is 0 Å². The van der Waals surface area contributed by atoms with Crippen LogP contribution in [0.3, 0.4) is 0 Å². The van der Waals surface area contributed by atoms with Gasteiger partial charge in [0.15, 0.2) is 4.80 Å². The summed E-state index contributed by atoms with van der Waals surface area (Å²) in [6, 6.07) is 21.2. The number of nitrogens with zero attached hydrogens (tertiary/aromatic N) is 3. The fourth-order valence-corrected chi connectivity index (χ4v) is 4.40. The van der Waals surface area contributed by atoms with Crippen molar-refractivity contribution >= 4 is 39.1 Å². The molecule has 1 aromatic heterocycles. The maximum absolute atomic E-state index is 12.9. The van der Waals surface area contributed by atoms with Crippen molar-refractivity contribution in [1.82, 2.24) is 4.57 Å². The number of hydrogen-bond acceptors (Lipinski definition) is 6. The van der Waals surface area contributed by atoms with Crippen LogP contribution in [0.15, 0.2) is 77.8 Å². The highest BCUT2D eigenvalue weighted by atomic mass is 32.1. The number of ether oxygens (including phenoxy) is 1. The van der Waals surface area contributed by atoms with Crippen LogP contribution in [0.1, 0.15) is 17.3 Å². The minimum absolute atomic E-state index is 0.0820. The number of thiazole rings is 1. The predicted molar refractivity (Wildman–Crippen MR) is 125 cm³/mol. The molecule has 166 valence electrons. The molecule has 0 aliphatic rings. The molecule has 33 heavy (non-hydrogen) atoms. The van der Waals surface area contributed by atoms with Crippen molar-refractivity contribution in [2.24, 2.45) is 4.99 Å². The molecule has 0 N–H and O–H groups in total. The van der Waals surface area contributed by atoms with Crippen LogP contribution in [0, 0.1) is 10.1 Å². The second kappa shape index (κ2) is 9.58. The zero-order valence-corrected chi connectivity index (χ0v) is 18.5. The minimum atomic E-state index is -0.495. The fraction of sp³-hybridized carbons (Fsp3) is 0.125. The summed E-state index contributed by atoms with van der Waals surface area (Å²) in [7, 11) is 0. The molecule has 0 aliphatic carbocycles. The SMILES string of the molecule is CCOC(=O)Cn1c(=NC(=O)c2ccc(-c3ccccc3)cc2)sc2cc([N+](=O)[O-])ccc21. The number of nitro benzene ring substituents is 1. The summed E-state index contributed by atoms with van der Waals surface area (Å²) in [4.78, 5) is 40.1. The van der Waals surface area contributed by atoms with E-state index in [1.807, 2.05) is 42.5 Å². The van der Waals surface area contributed by atoms with Crippen LogP contribution in [0.2, 0.25) is 0 Å². The lowest BCUT2D eigenvalue weighted by molar-refractivity contribution is -0.384. The van der Waals surface area contributed by atoms with Crippen molar-refractivity contribution in [3.05, 3.63) is 93.3 Å². The summed E-state index contributed by atoms with van der Waals surface area (Å²) in [6.45, 7) is 1.75. The van der Waals surface area contributed by atoms with Crippen LogP contribution in [0.5, 0.6) is 0 Å². The van der Waals surface area contributed by atoms with Crippen LogP contribution >= 0.6 is 11.3 Å². The highest BCUT2D eigenvalue weighted by molar-refractivity contribution is 7.16. The number of non-ortho nitro benzene ring substituents is 1. The summed E-state index contributed by atoms with van der Waals surface area (Å²) in [5.41, 5.74) is 2.87. The first kappa shape index (κ1) is 22.1. The van der Waals surface area contributed by atoms with Gasteiger partial charge in [-0.3, -0.25) is 19.7 Å². The van der Waals surface area contributed by atoms with E-state index in [1.54, 1.807) is 25.1 Å². The van der Waals surface area contributed by atoms with Crippen molar-refractivity contribution in [3.63, 3.8) is 0 Å². The monoisotopic (exact) mass is 461 g/mol. The first-order chi connectivity index (χ1) is 16.0. The van der Waals surface area contributed by atoms with Crippen LogP contribution in [0.4, 0.5) is 5.69 Å². The molecule has 4 rings (SSSR count). The molecule has 0 aliphatic heterocycles. The third kappa shape index (κ3) is 4.88. The zero-order chi connectivity index (χ0) is 23.4. The first-order valence-electron chi connectivity index (χ1n) is 10.1. The van der Waals surface area contributed by atoms with E-state index in [2.05, 4.69) is 4.99 Å². The molecule has 0 bridgehead atoms. The number of amides is 1. The number of carbonyl (C=O) groups is 2. The summed E-state index contributed by atoms with van der Waals surface area (Å²) in [5.74, 6) is -0.968. The highest BCUT2D eigenvalue weighted by Crippen LogP contribution is 2.24. The standard InChI is InChI=1S/C24H19N3O5S/c1-2-32-22(28)15-26-20-13-12-19(27(30)31)14-21(20)33-24(26)25-23(29)18-10-8-17(9-11-18)16-6-4-3-5-7-16/h3-14H,2,15H2,1H3. The maximum atomic E-state index is 12.9. The normalized spacial score (nSPS) is 11.5. The Morgan fingerprint density at radius 3 is 2.39 bits per heavy atom. The van der Waals surface area contributed by atoms with Crippen molar-refractivity contribution in [1.29, 1.82) is 0 Å². The second-order valence-corrected chi connectivity index (χ2v) is 8.05. The lowest BCUT2D eigenvalue weighted by Gasteiger charge is -2.05. The average Bonchev–Trinajstić information content (AvgIpc) is 3.15. The molecule has 8 nitrogen and oxygen atoms in total. The molecule has 0 radical (unpaired) electrons. The summed E-state index contributed by atoms with van der Waals surface area (Å²) >= 11 is 1.10.